The van der Waals surface area contributed by atoms with E-state index in [1.54, 1.807) is 0 Å². The zero-order valence-corrected chi connectivity index (χ0v) is 12.1. The van der Waals surface area contributed by atoms with Crippen molar-refractivity contribution in [3.05, 3.63) is 56.7 Å². The van der Waals surface area contributed by atoms with Gasteiger partial charge < -0.3 is 5.32 Å². The molecule has 98 valence electrons. The molecule has 1 N–H and O–H groups in total. The zero-order chi connectivity index (χ0) is 13.5. The molecule has 1 aromatic heterocycles. The first kappa shape index (κ1) is 12.7. The van der Waals surface area contributed by atoms with Crippen LogP contribution in [-0.4, -0.2) is 5.91 Å². The van der Waals surface area contributed by atoms with E-state index in [0.717, 1.165) is 33.9 Å². The van der Waals surface area contributed by atoms with Crippen LogP contribution in [0.5, 0.6) is 0 Å². The molecule has 2 aromatic rings. The van der Waals surface area contributed by atoms with E-state index in [4.69, 9.17) is 11.6 Å². The standard InChI is InChI=1S/C15H14ClNOS/c1-10-6-9-19-13(10)14(18)17-15(7-8-15)11-2-4-12(16)5-3-11/h2-6,9H,7-8H2,1H3,(H,17,18). The van der Waals surface area contributed by atoms with Gasteiger partial charge >= 0.3 is 0 Å². The van der Waals surface area contributed by atoms with Gasteiger partial charge in [0.2, 0.25) is 0 Å². The topological polar surface area (TPSA) is 29.1 Å². The highest BCUT2D eigenvalue weighted by atomic mass is 35.5. The van der Waals surface area contributed by atoms with Crippen LogP contribution < -0.4 is 5.32 Å². The molecule has 2 nitrogen and oxygen atoms in total. The predicted molar refractivity (Wildman–Crippen MR) is 78.9 cm³/mol. The van der Waals surface area contributed by atoms with E-state index < -0.39 is 0 Å². The largest absolute Gasteiger partial charge is 0.342 e. The fourth-order valence-corrected chi connectivity index (χ4v) is 3.21. The molecule has 19 heavy (non-hydrogen) atoms. The Morgan fingerprint density at radius 1 is 1.26 bits per heavy atom. The van der Waals surface area contributed by atoms with Crippen molar-refractivity contribution in [2.24, 2.45) is 0 Å². The van der Waals surface area contributed by atoms with E-state index in [1.807, 2.05) is 42.6 Å². The van der Waals surface area contributed by atoms with Gasteiger partial charge in [-0.2, -0.15) is 0 Å². The lowest BCUT2D eigenvalue weighted by atomic mass is 10.0. The van der Waals surface area contributed by atoms with Gasteiger partial charge in [0.25, 0.3) is 5.91 Å². The summed E-state index contributed by atoms with van der Waals surface area (Å²) in [5.74, 6) is 0.0277. The van der Waals surface area contributed by atoms with Gasteiger partial charge in [-0.15, -0.1) is 11.3 Å². The van der Waals surface area contributed by atoms with Crippen LogP contribution in [0.15, 0.2) is 35.7 Å². The van der Waals surface area contributed by atoms with Crippen molar-refractivity contribution >= 4 is 28.8 Å². The minimum Gasteiger partial charge on any atom is -0.342 e. The third-order valence-corrected chi connectivity index (χ3v) is 4.84. The quantitative estimate of drug-likeness (QED) is 0.905. The highest BCUT2D eigenvalue weighted by Gasteiger charge is 2.45. The molecule has 1 heterocycles. The van der Waals surface area contributed by atoms with Gasteiger partial charge in [-0.1, -0.05) is 23.7 Å². The van der Waals surface area contributed by atoms with Crippen molar-refractivity contribution in [3.8, 4) is 0 Å². The zero-order valence-electron chi connectivity index (χ0n) is 10.6. The van der Waals surface area contributed by atoms with Crippen LogP contribution in [-0.2, 0) is 5.54 Å². The van der Waals surface area contributed by atoms with E-state index in [0.29, 0.717) is 0 Å². The summed E-state index contributed by atoms with van der Waals surface area (Å²) >= 11 is 7.39. The number of aryl methyl sites for hydroxylation is 1. The number of carbonyl (C=O) groups excluding carboxylic acids is 1. The lowest BCUT2D eigenvalue weighted by Crippen LogP contribution is -2.34. The van der Waals surface area contributed by atoms with Gasteiger partial charge in [-0.25, -0.2) is 0 Å². The number of hydrogen-bond acceptors (Lipinski definition) is 2. The van der Waals surface area contributed by atoms with E-state index >= 15 is 0 Å². The van der Waals surface area contributed by atoms with Gasteiger partial charge in [-0.05, 0) is 54.5 Å². The van der Waals surface area contributed by atoms with Gasteiger partial charge in [0.1, 0.15) is 0 Å². The molecular weight excluding hydrogens is 278 g/mol. The number of carbonyl (C=O) groups is 1. The number of amides is 1. The summed E-state index contributed by atoms with van der Waals surface area (Å²) < 4.78 is 0. The Hall–Kier alpha value is -1.32. The number of benzene rings is 1. The van der Waals surface area contributed by atoms with Crippen LogP contribution in [0.3, 0.4) is 0 Å². The highest BCUT2D eigenvalue weighted by molar-refractivity contribution is 7.12. The normalized spacial score (nSPS) is 16.1. The summed E-state index contributed by atoms with van der Waals surface area (Å²) in [6, 6.07) is 9.72. The Kier molecular flexibility index (Phi) is 3.11. The average Bonchev–Trinajstić information content (AvgIpc) is 3.03. The molecule has 1 aromatic carbocycles. The first-order valence-electron chi connectivity index (χ1n) is 6.23. The van der Waals surface area contributed by atoms with Crippen molar-refractivity contribution in [2.75, 3.05) is 0 Å². The highest BCUT2D eigenvalue weighted by Crippen LogP contribution is 2.46. The van der Waals surface area contributed by atoms with E-state index in [1.165, 1.54) is 11.3 Å². The van der Waals surface area contributed by atoms with Gasteiger partial charge in [0, 0.05) is 5.02 Å². The molecule has 0 radical (unpaired) electrons. The molecule has 1 saturated carbocycles. The Bertz CT molecular complexity index is 613. The van der Waals surface area contributed by atoms with Crippen LogP contribution >= 0.6 is 22.9 Å². The van der Waals surface area contributed by atoms with Crippen LogP contribution in [0.2, 0.25) is 5.02 Å². The van der Waals surface area contributed by atoms with Crippen molar-refractivity contribution in [3.63, 3.8) is 0 Å². The van der Waals surface area contributed by atoms with E-state index in [9.17, 15) is 4.79 Å². The van der Waals surface area contributed by atoms with Gasteiger partial charge in [0.15, 0.2) is 0 Å². The molecule has 1 aliphatic carbocycles. The number of rotatable bonds is 3. The second-order valence-electron chi connectivity index (χ2n) is 4.98. The Morgan fingerprint density at radius 3 is 2.47 bits per heavy atom. The molecule has 0 bridgehead atoms. The molecular formula is C15H14ClNOS. The third-order valence-electron chi connectivity index (χ3n) is 3.57. The first-order chi connectivity index (χ1) is 9.11. The Labute approximate surface area is 121 Å². The molecule has 1 aliphatic rings. The molecule has 3 rings (SSSR count). The van der Waals surface area contributed by atoms with Crippen molar-refractivity contribution < 1.29 is 4.79 Å². The third kappa shape index (κ3) is 2.40. The number of hydrogen-bond donors (Lipinski definition) is 1. The molecule has 0 aliphatic heterocycles. The SMILES string of the molecule is Cc1ccsc1C(=O)NC1(c2ccc(Cl)cc2)CC1. The molecule has 0 spiro atoms. The molecule has 0 saturated heterocycles. The van der Waals surface area contributed by atoms with E-state index in [2.05, 4.69) is 5.32 Å². The van der Waals surface area contributed by atoms with Gasteiger partial charge in [-0.3, -0.25) is 4.79 Å². The summed E-state index contributed by atoms with van der Waals surface area (Å²) in [5.41, 5.74) is 1.99. The lowest BCUT2D eigenvalue weighted by molar-refractivity contribution is 0.0934. The molecule has 4 heteroatoms. The summed E-state index contributed by atoms with van der Waals surface area (Å²) in [5, 5.41) is 5.85. The fourth-order valence-electron chi connectivity index (χ4n) is 2.26. The monoisotopic (exact) mass is 291 g/mol. The van der Waals surface area contributed by atoms with E-state index in [-0.39, 0.29) is 11.4 Å². The Morgan fingerprint density at radius 2 is 1.95 bits per heavy atom. The second kappa shape index (κ2) is 4.66. The summed E-state index contributed by atoms with van der Waals surface area (Å²) in [6.45, 7) is 1.97. The molecule has 0 unspecified atom stereocenters. The lowest BCUT2D eigenvalue weighted by Gasteiger charge is -2.18. The van der Waals surface area contributed by atoms with Crippen molar-refractivity contribution in [1.29, 1.82) is 0 Å². The van der Waals surface area contributed by atoms with Crippen LogP contribution in [0.25, 0.3) is 0 Å². The predicted octanol–water partition coefficient (Wildman–Crippen LogP) is 4.13. The number of halogens is 1. The molecule has 1 amide bonds. The maximum Gasteiger partial charge on any atom is 0.262 e. The second-order valence-corrected chi connectivity index (χ2v) is 6.33. The summed E-state index contributed by atoms with van der Waals surface area (Å²) in [4.78, 5) is 13.1. The fraction of sp³-hybridized carbons (Fsp3) is 0.267. The minimum atomic E-state index is -0.182. The minimum absolute atomic E-state index is 0.0277. The van der Waals surface area contributed by atoms with Crippen LogP contribution in [0.1, 0.15) is 33.6 Å². The smallest absolute Gasteiger partial charge is 0.262 e. The number of nitrogens with one attached hydrogen (secondary N) is 1. The maximum absolute atomic E-state index is 12.3. The van der Waals surface area contributed by atoms with Crippen molar-refractivity contribution in [2.45, 2.75) is 25.3 Å². The average molecular weight is 292 g/mol. The van der Waals surface area contributed by atoms with Crippen LogP contribution in [0, 0.1) is 6.92 Å². The van der Waals surface area contributed by atoms with Gasteiger partial charge in [0.05, 0.1) is 10.4 Å². The maximum atomic E-state index is 12.3. The summed E-state index contributed by atoms with van der Waals surface area (Å²) in [6.07, 6.45) is 1.98. The van der Waals surface area contributed by atoms with Crippen molar-refractivity contribution in [1.82, 2.24) is 5.32 Å². The van der Waals surface area contributed by atoms with Crippen LogP contribution in [0.4, 0.5) is 0 Å². The molecule has 0 atom stereocenters. The summed E-state index contributed by atoms with van der Waals surface area (Å²) in [7, 11) is 0. The molecule has 1 fully saturated rings. The Balaban J connectivity index is 1.81. The number of thiophene rings is 1. The first-order valence-corrected chi connectivity index (χ1v) is 7.49.